The van der Waals surface area contributed by atoms with Crippen LogP contribution in [0.25, 0.3) is 0 Å². The van der Waals surface area contributed by atoms with Crippen molar-refractivity contribution in [2.24, 2.45) is 17.6 Å². The average Bonchev–Trinajstić information content (AvgIpc) is 2.65. The SMILES string of the molecule is NCC(Cc1cccc(Br)c1)C1CCCCCC1. The molecule has 1 saturated carbocycles. The Morgan fingerprint density at radius 3 is 2.50 bits per heavy atom. The number of nitrogens with two attached hydrogens (primary N) is 1. The van der Waals surface area contributed by atoms with Crippen LogP contribution in [0.2, 0.25) is 0 Å². The summed E-state index contributed by atoms with van der Waals surface area (Å²) in [5.74, 6) is 1.51. The van der Waals surface area contributed by atoms with Gasteiger partial charge in [-0.25, -0.2) is 0 Å². The summed E-state index contributed by atoms with van der Waals surface area (Å²) in [4.78, 5) is 0. The van der Waals surface area contributed by atoms with Crippen LogP contribution in [-0.4, -0.2) is 6.54 Å². The Hall–Kier alpha value is -0.340. The second-order valence-corrected chi connectivity index (χ2v) is 6.50. The van der Waals surface area contributed by atoms with Crippen molar-refractivity contribution in [2.45, 2.75) is 44.9 Å². The molecule has 1 fully saturated rings. The average molecular weight is 310 g/mol. The fourth-order valence-corrected chi connectivity index (χ4v) is 3.64. The lowest BCUT2D eigenvalue weighted by Gasteiger charge is -2.25. The second-order valence-electron chi connectivity index (χ2n) is 5.58. The molecule has 0 heterocycles. The van der Waals surface area contributed by atoms with Gasteiger partial charge in [-0.05, 0) is 42.5 Å². The smallest absolute Gasteiger partial charge is 0.0177 e. The van der Waals surface area contributed by atoms with Crippen LogP contribution >= 0.6 is 15.9 Å². The summed E-state index contributed by atoms with van der Waals surface area (Å²) in [7, 11) is 0. The molecule has 1 nitrogen and oxygen atoms in total. The van der Waals surface area contributed by atoms with Gasteiger partial charge in [-0.1, -0.05) is 66.6 Å². The third-order valence-electron chi connectivity index (χ3n) is 4.26. The van der Waals surface area contributed by atoms with Crippen molar-refractivity contribution in [3.63, 3.8) is 0 Å². The van der Waals surface area contributed by atoms with Crippen molar-refractivity contribution >= 4 is 15.9 Å². The van der Waals surface area contributed by atoms with E-state index in [1.807, 2.05) is 0 Å². The molecule has 0 spiro atoms. The molecule has 1 aliphatic carbocycles. The molecular weight excluding hydrogens is 286 g/mol. The largest absolute Gasteiger partial charge is 0.330 e. The molecule has 1 unspecified atom stereocenters. The molecule has 0 bridgehead atoms. The number of halogens is 1. The molecule has 2 N–H and O–H groups in total. The molecule has 2 heteroatoms. The van der Waals surface area contributed by atoms with Gasteiger partial charge in [0.25, 0.3) is 0 Å². The number of hydrogen-bond acceptors (Lipinski definition) is 1. The zero-order chi connectivity index (χ0) is 12.8. The highest BCUT2D eigenvalue weighted by atomic mass is 79.9. The van der Waals surface area contributed by atoms with Gasteiger partial charge < -0.3 is 5.73 Å². The number of benzene rings is 1. The van der Waals surface area contributed by atoms with Crippen LogP contribution in [0.1, 0.15) is 44.1 Å². The topological polar surface area (TPSA) is 26.0 Å². The molecule has 1 atom stereocenters. The zero-order valence-corrected chi connectivity index (χ0v) is 12.7. The van der Waals surface area contributed by atoms with Crippen molar-refractivity contribution in [2.75, 3.05) is 6.54 Å². The van der Waals surface area contributed by atoms with E-state index in [9.17, 15) is 0 Å². The minimum atomic E-state index is 0.664. The first-order valence-electron chi connectivity index (χ1n) is 7.24. The highest BCUT2D eigenvalue weighted by Gasteiger charge is 2.21. The van der Waals surface area contributed by atoms with Crippen LogP contribution < -0.4 is 5.73 Å². The Bertz CT molecular complexity index is 356. The van der Waals surface area contributed by atoms with Crippen molar-refractivity contribution < 1.29 is 0 Å². The van der Waals surface area contributed by atoms with Crippen LogP contribution in [-0.2, 0) is 6.42 Å². The first-order chi connectivity index (χ1) is 8.79. The molecular formula is C16H24BrN. The van der Waals surface area contributed by atoms with E-state index in [4.69, 9.17) is 5.73 Å². The Morgan fingerprint density at radius 2 is 1.89 bits per heavy atom. The maximum absolute atomic E-state index is 6.03. The monoisotopic (exact) mass is 309 g/mol. The van der Waals surface area contributed by atoms with Crippen molar-refractivity contribution in [3.8, 4) is 0 Å². The molecule has 1 aliphatic rings. The third-order valence-corrected chi connectivity index (χ3v) is 4.75. The van der Waals surface area contributed by atoms with Gasteiger partial charge in [0.1, 0.15) is 0 Å². The van der Waals surface area contributed by atoms with E-state index in [0.717, 1.165) is 18.9 Å². The molecule has 18 heavy (non-hydrogen) atoms. The summed E-state index contributed by atoms with van der Waals surface area (Å²) in [6, 6.07) is 8.68. The predicted molar refractivity (Wildman–Crippen MR) is 81.6 cm³/mol. The predicted octanol–water partition coefficient (Wildman–Crippen LogP) is 4.54. The quantitative estimate of drug-likeness (QED) is 0.812. The van der Waals surface area contributed by atoms with Gasteiger partial charge in [0.2, 0.25) is 0 Å². The summed E-state index contributed by atoms with van der Waals surface area (Å²) in [5.41, 5.74) is 7.45. The molecule has 1 aromatic carbocycles. The molecule has 0 radical (unpaired) electrons. The summed E-state index contributed by atoms with van der Waals surface area (Å²) in [6.07, 6.45) is 9.56. The van der Waals surface area contributed by atoms with Gasteiger partial charge in [0.15, 0.2) is 0 Å². The molecule has 2 rings (SSSR count). The first-order valence-corrected chi connectivity index (χ1v) is 8.03. The fourth-order valence-electron chi connectivity index (χ4n) is 3.19. The van der Waals surface area contributed by atoms with E-state index < -0.39 is 0 Å². The van der Waals surface area contributed by atoms with Gasteiger partial charge >= 0.3 is 0 Å². The van der Waals surface area contributed by atoms with Gasteiger partial charge in [0.05, 0.1) is 0 Å². The normalized spacial score (nSPS) is 19.4. The Labute approximate surface area is 119 Å². The van der Waals surface area contributed by atoms with Crippen LogP contribution in [0.15, 0.2) is 28.7 Å². The Kier molecular flexibility index (Phi) is 5.71. The zero-order valence-electron chi connectivity index (χ0n) is 11.1. The molecule has 100 valence electrons. The van der Waals surface area contributed by atoms with Gasteiger partial charge in [-0.15, -0.1) is 0 Å². The Morgan fingerprint density at radius 1 is 1.17 bits per heavy atom. The minimum absolute atomic E-state index is 0.664. The van der Waals surface area contributed by atoms with Gasteiger partial charge in [0, 0.05) is 4.47 Å². The van der Waals surface area contributed by atoms with Crippen molar-refractivity contribution in [1.29, 1.82) is 0 Å². The number of hydrogen-bond donors (Lipinski definition) is 1. The summed E-state index contributed by atoms with van der Waals surface area (Å²) >= 11 is 3.55. The van der Waals surface area contributed by atoms with E-state index in [1.54, 1.807) is 0 Å². The number of rotatable bonds is 4. The van der Waals surface area contributed by atoms with E-state index in [0.29, 0.717) is 5.92 Å². The standard InChI is InChI=1S/C16H24BrN/c17-16-9-5-6-13(11-16)10-15(12-18)14-7-3-1-2-4-8-14/h5-6,9,11,14-15H,1-4,7-8,10,12,18H2. The van der Waals surface area contributed by atoms with Gasteiger partial charge in [-0.2, -0.15) is 0 Å². The lowest BCUT2D eigenvalue weighted by Crippen LogP contribution is -2.25. The maximum Gasteiger partial charge on any atom is 0.0177 e. The molecule has 0 saturated heterocycles. The minimum Gasteiger partial charge on any atom is -0.330 e. The van der Waals surface area contributed by atoms with Crippen LogP contribution in [0.4, 0.5) is 0 Å². The second kappa shape index (κ2) is 7.30. The fraction of sp³-hybridized carbons (Fsp3) is 0.625. The molecule has 0 aromatic heterocycles. The molecule has 0 amide bonds. The van der Waals surface area contributed by atoms with Crippen LogP contribution in [0, 0.1) is 11.8 Å². The van der Waals surface area contributed by atoms with E-state index in [1.165, 1.54) is 48.6 Å². The molecule has 0 aliphatic heterocycles. The van der Waals surface area contributed by atoms with Crippen molar-refractivity contribution in [1.82, 2.24) is 0 Å². The van der Waals surface area contributed by atoms with Crippen molar-refractivity contribution in [3.05, 3.63) is 34.3 Å². The highest BCUT2D eigenvalue weighted by molar-refractivity contribution is 9.10. The lowest BCUT2D eigenvalue weighted by atomic mass is 9.82. The van der Waals surface area contributed by atoms with Crippen LogP contribution in [0.5, 0.6) is 0 Å². The summed E-state index contributed by atoms with van der Waals surface area (Å²) < 4.78 is 1.18. The maximum atomic E-state index is 6.03. The van der Waals surface area contributed by atoms with Crippen LogP contribution in [0.3, 0.4) is 0 Å². The highest BCUT2D eigenvalue weighted by Crippen LogP contribution is 2.30. The third kappa shape index (κ3) is 4.10. The lowest BCUT2D eigenvalue weighted by molar-refractivity contribution is 0.302. The molecule has 1 aromatic rings. The van der Waals surface area contributed by atoms with E-state index in [-0.39, 0.29) is 0 Å². The Balaban J connectivity index is 1.99. The van der Waals surface area contributed by atoms with Gasteiger partial charge in [-0.3, -0.25) is 0 Å². The van der Waals surface area contributed by atoms with E-state index >= 15 is 0 Å². The first kappa shape index (κ1) is 14.1. The summed E-state index contributed by atoms with van der Waals surface area (Å²) in [5, 5.41) is 0. The summed E-state index contributed by atoms with van der Waals surface area (Å²) in [6.45, 7) is 0.831. The van der Waals surface area contributed by atoms with E-state index in [2.05, 4.69) is 40.2 Å².